The maximum absolute atomic E-state index is 12.7. The third-order valence-corrected chi connectivity index (χ3v) is 4.64. The van der Waals surface area contributed by atoms with Crippen LogP contribution in [0.3, 0.4) is 0 Å². The zero-order valence-electron chi connectivity index (χ0n) is 16.2. The average molecular weight is 395 g/mol. The van der Waals surface area contributed by atoms with E-state index >= 15 is 0 Å². The Morgan fingerprint density at radius 2 is 1.75 bits per heavy atom. The van der Waals surface area contributed by atoms with Gasteiger partial charge in [0.1, 0.15) is 5.69 Å². The number of nitrogens with zero attached hydrogens (tertiary/aromatic N) is 2. The first kappa shape index (κ1) is 19.8. The molecule has 144 valence electrons. The Labute approximate surface area is 170 Å². The van der Waals surface area contributed by atoms with E-state index in [4.69, 9.17) is 11.6 Å². The van der Waals surface area contributed by atoms with Crippen molar-refractivity contribution in [3.8, 4) is 0 Å². The standard InChI is InChI=1S/C22H23ClN4O/c1-22(2,3)16-9-5-7-11-18(16)26-20(28)19-12-13-24-21(27-19)25-14-15-8-4-6-10-17(15)23/h4-13H,14H2,1-3H3,(H,26,28)(H,24,25,27). The molecule has 3 rings (SSSR count). The third-order valence-electron chi connectivity index (χ3n) is 4.27. The van der Waals surface area contributed by atoms with Gasteiger partial charge in [-0.25, -0.2) is 9.97 Å². The van der Waals surface area contributed by atoms with E-state index in [9.17, 15) is 4.79 Å². The van der Waals surface area contributed by atoms with E-state index in [0.717, 1.165) is 16.8 Å². The summed E-state index contributed by atoms with van der Waals surface area (Å²) in [7, 11) is 0. The third kappa shape index (κ3) is 4.87. The fourth-order valence-electron chi connectivity index (χ4n) is 2.82. The summed E-state index contributed by atoms with van der Waals surface area (Å²) in [6.45, 7) is 6.80. The minimum Gasteiger partial charge on any atom is -0.350 e. The molecule has 0 saturated carbocycles. The molecule has 0 atom stereocenters. The number of amides is 1. The van der Waals surface area contributed by atoms with E-state index in [1.807, 2.05) is 48.5 Å². The van der Waals surface area contributed by atoms with E-state index in [1.54, 1.807) is 12.3 Å². The summed E-state index contributed by atoms with van der Waals surface area (Å²) in [5, 5.41) is 6.74. The number of aromatic nitrogens is 2. The quantitative estimate of drug-likeness (QED) is 0.616. The van der Waals surface area contributed by atoms with Crippen LogP contribution in [0, 0.1) is 0 Å². The Balaban J connectivity index is 1.74. The SMILES string of the molecule is CC(C)(C)c1ccccc1NC(=O)c1ccnc(NCc2ccccc2Cl)n1. The molecule has 1 aromatic heterocycles. The lowest BCUT2D eigenvalue weighted by Gasteiger charge is -2.22. The number of hydrogen-bond acceptors (Lipinski definition) is 4. The van der Waals surface area contributed by atoms with E-state index in [0.29, 0.717) is 23.2 Å². The smallest absolute Gasteiger partial charge is 0.274 e. The second-order valence-electron chi connectivity index (χ2n) is 7.46. The number of anilines is 2. The Kier molecular flexibility index (Phi) is 5.95. The Hall–Kier alpha value is -2.92. The molecule has 2 N–H and O–H groups in total. The number of para-hydroxylation sites is 1. The van der Waals surface area contributed by atoms with Crippen molar-refractivity contribution < 1.29 is 4.79 Å². The van der Waals surface area contributed by atoms with Gasteiger partial charge in [0.2, 0.25) is 5.95 Å². The highest BCUT2D eigenvalue weighted by Gasteiger charge is 2.19. The first-order valence-electron chi connectivity index (χ1n) is 9.06. The van der Waals surface area contributed by atoms with Crippen LogP contribution in [0.1, 0.15) is 42.4 Å². The van der Waals surface area contributed by atoms with Crippen LogP contribution >= 0.6 is 11.6 Å². The lowest BCUT2D eigenvalue weighted by molar-refractivity contribution is 0.102. The van der Waals surface area contributed by atoms with Gasteiger partial charge in [0.05, 0.1) is 0 Å². The van der Waals surface area contributed by atoms with Crippen LogP contribution in [0.2, 0.25) is 5.02 Å². The molecule has 0 aliphatic rings. The molecule has 0 aliphatic heterocycles. The Morgan fingerprint density at radius 3 is 2.50 bits per heavy atom. The van der Waals surface area contributed by atoms with Gasteiger partial charge in [-0.1, -0.05) is 68.8 Å². The van der Waals surface area contributed by atoms with E-state index in [2.05, 4.69) is 41.4 Å². The minimum atomic E-state index is -0.278. The normalized spacial score (nSPS) is 11.1. The fourth-order valence-corrected chi connectivity index (χ4v) is 3.02. The topological polar surface area (TPSA) is 66.9 Å². The molecule has 28 heavy (non-hydrogen) atoms. The predicted molar refractivity (Wildman–Crippen MR) is 114 cm³/mol. The summed E-state index contributed by atoms with van der Waals surface area (Å²) >= 11 is 6.17. The van der Waals surface area contributed by atoms with E-state index in [-0.39, 0.29) is 11.3 Å². The van der Waals surface area contributed by atoms with E-state index < -0.39 is 0 Å². The second kappa shape index (κ2) is 8.40. The van der Waals surface area contributed by atoms with Crippen molar-refractivity contribution in [2.24, 2.45) is 0 Å². The van der Waals surface area contributed by atoms with Crippen molar-refractivity contribution in [2.45, 2.75) is 32.7 Å². The van der Waals surface area contributed by atoms with Crippen molar-refractivity contribution in [3.05, 3.63) is 82.6 Å². The number of hydrogen-bond donors (Lipinski definition) is 2. The molecule has 0 bridgehead atoms. The molecule has 0 aliphatic carbocycles. The summed E-state index contributed by atoms with van der Waals surface area (Å²) < 4.78 is 0. The van der Waals surface area contributed by atoms with Crippen LogP contribution in [-0.2, 0) is 12.0 Å². The van der Waals surface area contributed by atoms with Crippen LogP contribution < -0.4 is 10.6 Å². The summed E-state index contributed by atoms with van der Waals surface area (Å²) in [5.74, 6) is 0.0940. The molecule has 1 heterocycles. The maximum Gasteiger partial charge on any atom is 0.274 e. The first-order chi connectivity index (χ1) is 13.3. The number of halogens is 1. The highest BCUT2D eigenvalue weighted by molar-refractivity contribution is 6.31. The predicted octanol–water partition coefficient (Wildman–Crippen LogP) is 5.29. The zero-order valence-corrected chi connectivity index (χ0v) is 16.9. The summed E-state index contributed by atoms with van der Waals surface area (Å²) in [4.78, 5) is 21.2. The number of carbonyl (C=O) groups is 1. The van der Waals surface area contributed by atoms with Crippen LogP contribution in [0.25, 0.3) is 0 Å². The molecule has 0 radical (unpaired) electrons. The molecule has 6 heteroatoms. The van der Waals surface area contributed by atoms with Crippen molar-refractivity contribution in [2.75, 3.05) is 10.6 Å². The second-order valence-corrected chi connectivity index (χ2v) is 7.87. The van der Waals surface area contributed by atoms with Gasteiger partial charge >= 0.3 is 0 Å². The molecule has 0 fully saturated rings. The zero-order chi connectivity index (χ0) is 20.1. The maximum atomic E-state index is 12.7. The van der Waals surface area contributed by atoms with Crippen molar-refractivity contribution in [1.29, 1.82) is 0 Å². The summed E-state index contributed by atoms with van der Waals surface area (Å²) in [5.41, 5.74) is 2.98. The van der Waals surface area contributed by atoms with Gasteiger partial charge in [-0.2, -0.15) is 0 Å². The molecule has 1 amide bonds. The summed E-state index contributed by atoms with van der Waals surface area (Å²) in [6.07, 6.45) is 1.56. The average Bonchev–Trinajstić information content (AvgIpc) is 2.67. The Bertz CT molecular complexity index is 982. The molecular formula is C22H23ClN4O. The van der Waals surface area contributed by atoms with Crippen molar-refractivity contribution >= 4 is 29.1 Å². The molecular weight excluding hydrogens is 372 g/mol. The lowest BCUT2D eigenvalue weighted by Crippen LogP contribution is -2.20. The lowest BCUT2D eigenvalue weighted by atomic mass is 9.86. The van der Waals surface area contributed by atoms with Gasteiger partial charge in [-0.3, -0.25) is 4.79 Å². The van der Waals surface area contributed by atoms with Gasteiger partial charge < -0.3 is 10.6 Å². The van der Waals surface area contributed by atoms with Gasteiger partial charge in [0, 0.05) is 23.5 Å². The number of carbonyl (C=O) groups excluding carboxylic acids is 1. The minimum absolute atomic E-state index is 0.0861. The molecule has 0 spiro atoms. The number of nitrogens with one attached hydrogen (secondary N) is 2. The largest absolute Gasteiger partial charge is 0.350 e. The van der Waals surface area contributed by atoms with Crippen LogP contribution in [0.4, 0.5) is 11.6 Å². The van der Waals surface area contributed by atoms with Crippen LogP contribution in [0.15, 0.2) is 60.8 Å². The number of benzene rings is 2. The first-order valence-corrected chi connectivity index (χ1v) is 9.43. The van der Waals surface area contributed by atoms with Gasteiger partial charge in [0.25, 0.3) is 5.91 Å². The molecule has 0 unspecified atom stereocenters. The highest BCUT2D eigenvalue weighted by atomic mass is 35.5. The molecule has 5 nitrogen and oxygen atoms in total. The summed E-state index contributed by atoms with van der Waals surface area (Å²) in [6, 6.07) is 16.9. The molecule has 0 saturated heterocycles. The fraction of sp³-hybridized carbons (Fsp3) is 0.227. The monoisotopic (exact) mass is 394 g/mol. The van der Waals surface area contributed by atoms with Crippen molar-refractivity contribution in [1.82, 2.24) is 9.97 Å². The number of rotatable bonds is 5. The molecule has 3 aromatic rings. The van der Waals surface area contributed by atoms with Crippen LogP contribution in [-0.4, -0.2) is 15.9 Å². The van der Waals surface area contributed by atoms with Gasteiger partial charge in [0.15, 0.2) is 0 Å². The van der Waals surface area contributed by atoms with Crippen LogP contribution in [0.5, 0.6) is 0 Å². The van der Waals surface area contributed by atoms with Crippen molar-refractivity contribution in [3.63, 3.8) is 0 Å². The molecule has 2 aromatic carbocycles. The van der Waals surface area contributed by atoms with Gasteiger partial charge in [-0.15, -0.1) is 0 Å². The Morgan fingerprint density at radius 1 is 1.04 bits per heavy atom. The highest BCUT2D eigenvalue weighted by Crippen LogP contribution is 2.29. The van der Waals surface area contributed by atoms with Gasteiger partial charge in [-0.05, 0) is 34.7 Å². The van der Waals surface area contributed by atoms with E-state index in [1.165, 1.54) is 0 Å².